The van der Waals surface area contributed by atoms with Crippen molar-refractivity contribution in [3.05, 3.63) is 40.8 Å². The molecule has 0 aliphatic carbocycles. The largest absolute Gasteiger partial charge is 0.322 e. The van der Waals surface area contributed by atoms with E-state index in [-0.39, 0.29) is 18.3 Å². The maximum atomic E-state index is 13.2. The second-order valence-electron chi connectivity index (χ2n) is 7.77. The Morgan fingerprint density at radius 1 is 1.13 bits per heavy atom. The van der Waals surface area contributed by atoms with Gasteiger partial charge in [0.2, 0.25) is 0 Å². The number of aromatic amines is 1. The summed E-state index contributed by atoms with van der Waals surface area (Å²) >= 11 is 6.31. The van der Waals surface area contributed by atoms with E-state index in [2.05, 4.69) is 24.8 Å². The molecule has 4 rings (SSSR count). The molecule has 0 spiro atoms. The van der Waals surface area contributed by atoms with Gasteiger partial charge in [-0.2, -0.15) is 0 Å². The molecule has 1 aliphatic rings. The summed E-state index contributed by atoms with van der Waals surface area (Å²) in [6.07, 6.45) is 0. The first-order chi connectivity index (χ1) is 14.2. The van der Waals surface area contributed by atoms with Crippen molar-refractivity contribution >= 4 is 45.0 Å². The number of hydrogen-bond donors (Lipinski definition) is 1. The molecule has 0 saturated carbocycles. The predicted octanol–water partition coefficient (Wildman–Crippen LogP) is 3.08. The van der Waals surface area contributed by atoms with Crippen molar-refractivity contribution in [3.8, 4) is 11.4 Å². The van der Waals surface area contributed by atoms with E-state index in [0.717, 1.165) is 31.7 Å². The summed E-state index contributed by atoms with van der Waals surface area (Å²) in [5.74, 6) is 1.04. The van der Waals surface area contributed by atoms with Gasteiger partial charge in [-0.1, -0.05) is 23.7 Å². The highest BCUT2D eigenvalue weighted by Crippen LogP contribution is 2.31. The molecule has 3 aromatic rings. The SMILES string of the molecule is Cc1nc(C(C)S(=O)(=O)CN2CCN(C)CC2)c2nc(-c3ccccc3Cl)[nH]c2n1.Cl. The fourth-order valence-corrected chi connectivity index (χ4v) is 5.34. The van der Waals surface area contributed by atoms with E-state index in [1.807, 2.05) is 30.1 Å². The predicted molar refractivity (Wildman–Crippen MR) is 125 cm³/mol. The van der Waals surface area contributed by atoms with E-state index in [0.29, 0.717) is 33.5 Å². The zero-order valence-corrected chi connectivity index (χ0v) is 20.1. The monoisotopic (exact) mass is 484 g/mol. The molecular formula is C20H26Cl2N6O2S. The van der Waals surface area contributed by atoms with Crippen LogP contribution in [0.25, 0.3) is 22.6 Å². The van der Waals surface area contributed by atoms with Crippen LogP contribution in [0.4, 0.5) is 0 Å². The fraction of sp³-hybridized carbons (Fsp3) is 0.450. The number of sulfone groups is 1. The third kappa shape index (κ3) is 5.01. The smallest absolute Gasteiger partial charge is 0.171 e. The van der Waals surface area contributed by atoms with Crippen LogP contribution in [0, 0.1) is 6.92 Å². The van der Waals surface area contributed by atoms with E-state index in [1.165, 1.54) is 0 Å². The molecular weight excluding hydrogens is 459 g/mol. The first kappa shape index (κ1) is 23.9. The van der Waals surface area contributed by atoms with E-state index in [1.54, 1.807) is 19.9 Å². The van der Waals surface area contributed by atoms with Crippen molar-refractivity contribution in [1.82, 2.24) is 29.7 Å². The van der Waals surface area contributed by atoms with Crippen LogP contribution in [0.2, 0.25) is 5.02 Å². The Bertz CT molecular complexity index is 1180. The Morgan fingerprint density at radius 2 is 1.81 bits per heavy atom. The highest BCUT2D eigenvalue weighted by atomic mass is 35.5. The molecule has 1 aliphatic heterocycles. The van der Waals surface area contributed by atoms with Gasteiger partial charge in [0.05, 0.1) is 10.7 Å². The van der Waals surface area contributed by atoms with Gasteiger partial charge < -0.3 is 9.88 Å². The number of benzene rings is 1. The minimum atomic E-state index is -3.47. The van der Waals surface area contributed by atoms with E-state index >= 15 is 0 Å². The highest BCUT2D eigenvalue weighted by Gasteiger charge is 2.30. The second-order valence-corrected chi connectivity index (χ2v) is 10.5. The Morgan fingerprint density at radius 3 is 2.48 bits per heavy atom. The number of rotatable bonds is 5. The van der Waals surface area contributed by atoms with Gasteiger partial charge >= 0.3 is 0 Å². The number of H-pyrrole nitrogens is 1. The third-order valence-corrected chi connectivity index (χ3v) is 7.85. The van der Waals surface area contributed by atoms with Gasteiger partial charge in [0.25, 0.3) is 0 Å². The molecule has 1 N–H and O–H groups in total. The lowest BCUT2D eigenvalue weighted by atomic mass is 10.2. The molecule has 0 bridgehead atoms. The number of likely N-dealkylation sites (N-methyl/N-ethyl adjacent to an activating group) is 1. The van der Waals surface area contributed by atoms with Crippen molar-refractivity contribution in [1.29, 1.82) is 0 Å². The summed E-state index contributed by atoms with van der Waals surface area (Å²) in [5, 5.41) is -0.248. The molecule has 0 amide bonds. The Hall–Kier alpha value is -1.78. The van der Waals surface area contributed by atoms with Crippen LogP contribution in [-0.4, -0.2) is 77.3 Å². The lowest BCUT2D eigenvalue weighted by Gasteiger charge is -2.32. The molecule has 168 valence electrons. The summed E-state index contributed by atoms with van der Waals surface area (Å²) in [7, 11) is -1.42. The van der Waals surface area contributed by atoms with E-state index in [4.69, 9.17) is 11.6 Å². The average molecular weight is 485 g/mol. The summed E-state index contributed by atoms with van der Waals surface area (Å²) < 4.78 is 26.4. The zero-order valence-electron chi connectivity index (χ0n) is 17.7. The first-order valence-corrected chi connectivity index (χ1v) is 12.0. The van der Waals surface area contributed by atoms with E-state index in [9.17, 15) is 8.42 Å². The van der Waals surface area contributed by atoms with Crippen molar-refractivity contribution in [2.24, 2.45) is 0 Å². The Labute approximate surface area is 193 Å². The molecule has 1 saturated heterocycles. The molecule has 8 nitrogen and oxygen atoms in total. The van der Waals surface area contributed by atoms with Crippen molar-refractivity contribution in [3.63, 3.8) is 0 Å². The van der Waals surface area contributed by atoms with Gasteiger partial charge in [0.1, 0.15) is 28.3 Å². The number of nitrogens with one attached hydrogen (secondary N) is 1. The minimum absolute atomic E-state index is 0. The number of imidazole rings is 1. The quantitative estimate of drug-likeness (QED) is 0.594. The normalized spacial score (nSPS) is 16.9. The minimum Gasteiger partial charge on any atom is -0.322 e. The second kappa shape index (κ2) is 9.38. The van der Waals surface area contributed by atoms with Crippen LogP contribution in [0.1, 0.15) is 23.7 Å². The average Bonchev–Trinajstić information content (AvgIpc) is 3.12. The maximum absolute atomic E-state index is 13.2. The molecule has 3 heterocycles. The highest BCUT2D eigenvalue weighted by molar-refractivity contribution is 7.91. The number of aryl methyl sites for hydroxylation is 1. The molecule has 0 radical (unpaired) electrons. The summed E-state index contributed by atoms with van der Waals surface area (Å²) in [5.41, 5.74) is 2.12. The lowest BCUT2D eigenvalue weighted by Crippen LogP contribution is -2.46. The first-order valence-electron chi connectivity index (χ1n) is 9.86. The summed E-state index contributed by atoms with van der Waals surface area (Å²) in [6.45, 7) is 6.62. The van der Waals surface area contributed by atoms with Crippen LogP contribution < -0.4 is 0 Å². The van der Waals surface area contributed by atoms with Crippen LogP contribution >= 0.6 is 24.0 Å². The third-order valence-electron chi connectivity index (χ3n) is 5.49. The number of hydrogen-bond acceptors (Lipinski definition) is 7. The van der Waals surface area contributed by atoms with Gasteiger partial charge in [-0.15, -0.1) is 12.4 Å². The van der Waals surface area contributed by atoms with Crippen molar-refractivity contribution < 1.29 is 8.42 Å². The van der Waals surface area contributed by atoms with Crippen LogP contribution in [0.15, 0.2) is 24.3 Å². The summed E-state index contributed by atoms with van der Waals surface area (Å²) in [4.78, 5) is 20.9. The molecule has 1 unspecified atom stereocenters. The fourth-order valence-electron chi connectivity index (χ4n) is 3.62. The topological polar surface area (TPSA) is 95.1 Å². The number of nitrogens with zero attached hydrogens (tertiary/aromatic N) is 5. The Kier molecular flexibility index (Phi) is 7.22. The number of fused-ring (bicyclic) bond motifs is 1. The standard InChI is InChI=1S/C20H25ClN6O2S.ClH/c1-13(30(28,29)12-27-10-8-26(3)9-11-27)17-18-20(23-14(2)22-17)25-19(24-18)15-6-4-5-7-16(15)21;/h4-7,13H,8-12H2,1-3H3,(H,22,23,24,25);1H. The van der Waals surface area contributed by atoms with Gasteiger partial charge in [-0.25, -0.2) is 23.4 Å². The van der Waals surface area contributed by atoms with Gasteiger partial charge in [-0.05, 0) is 33.0 Å². The van der Waals surface area contributed by atoms with Gasteiger partial charge in [0, 0.05) is 31.7 Å². The zero-order chi connectivity index (χ0) is 21.5. The van der Waals surface area contributed by atoms with Crippen molar-refractivity contribution in [2.45, 2.75) is 19.1 Å². The van der Waals surface area contributed by atoms with Crippen LogP contribution in [-0.2, 0) is 9.84 Å². The van der Waals surface area contributed by atoms with Gasteiger partial charge in [-0.3, -0.25) is 4.90 Å². The maximum Gasteiger partial charge on any atom is 0.171 e. The summed E-state index contributed by atoms with van der Waals surface area (Å²) in [6, 6.07) is 7.35. The van der Waals surface area contributed by atoms with Crippen LogP contribution in [0.3, 0.4) is 0 Å². The van der Waals surface area contributed by atoms with E-state index < -0.39 is 15.1 Å². The number of halogens is 2. The van der Waals surface area contributed by atoms with Crippen molar-refractivity contribution in [2.75, 3.05) is 39.1 Å². The van der Waals surface area contributed by atoms with Gasteiger partial charge in [0.15, 0.2) is 15.5 Å². The molecule has 2 aromatic heterocycles. The molecule has 31 heavy (non-hydrogen) atoms. The number of piperazine rings is 1. The molecule has 1 fully saturated rings. The Balaban J connectivity index is 0.00000272. The molecule has 11 heteroatoms. The lowest BCUT2D eigenvalue weighted by molar-refractivity contribution is 0.172. The van der Waals surface area contributed by atoms with Crippen LogP contribution in [0.5, 0.6) is 0 Å². The molecule has 1 atom stereocenters. The molecule has 1 aromatic carbocycles. The number of aromatic nitrogens is 4.